The molecule has 1 unspecified atom stereocenters. The number of hydrogen-bond donors (Lipinski definition) is 1. The van der Waals surface area contributed by atoms with Crippen molar-refractivity contribution in [2.75, 3.05) is 0 Å². The third kappa shape index (κ3) is 0.783. The fourth-order valence-electron chi connectivity index (χ4n) is 1.38. The maximum atomic E-state index is 3.20. The maximum Gasteiger partial charge on any atom is 0.0412 e. The van der Waals surface area contributed by atoms with Crippen LogP contribution in [0.5, 0.6) is 0 Å². The van der Waals surface area contributed by atoms with Crippen molar-refractivity contribution in [2.24, 2.45) is 5.92 Å². The summed E-state index contributed by atoms with van der Waals surface area (Å²) in [5.41, 5.74) is 0. The predicted octanol–water partition coefficient (Wildman–Crippen LogP) is 0.862. The molecule has 1 heteroatoms. The molecule has 0 fully saturated rings. The summed E-state index contributed by atoms with van der Waals surface area (Å²) >= 11 is 0. The van der Waals surface area contributed by atoms with E-state index in [1.807, 2.05) is 6.20 Å². The highest BCUT2D eigenvalue weighted by molar-refractivity contribution is 5.37. The summed E-state index contributed by atoms with van der Waals surface area (Å²) in [5, 5.41) is 2.65. The Morgan fingerprint density at radius 3 is 3.50 bits per heavy atom. The Hall–Kier alpha value is -0.980. The van der Waals surface area contributed by atoms with Crippen LogP contribution >= 0.6 is 0 Å². The molecule has 54 valence electrons. The topological polar surface area (TPSA) is 15.8 Å². The van der Waals surface area contributed by atoms with E-state index < -0.39 is 0 Å². The van der Waals surface area contributed by atoms with Gasteiger partial charge in [0.05, 0.1) is 0 Å². The molecule has 1 aromatic heterocycles. The van der Waals surface area contributed by atoms with Gasteiger partial charge in [0, 0.05) is 13.0 Å². The zero-order valence-corrected chi connectivity index (χ0v) is 6.09. The Labute approximate surface area is 61.6 Å². The lowest BCUT2D eigenvalue weighted by atomic mass is 10.0. The second-order valence-corrected chi connectivity index (χ2v) is 2.93. The van der Waals surface area contributed by atoms with Crippen molar-refractivity contribution < 1.29 is 1.43 Å². The van der Waals surface area contributed by atoms with Gasteiger partial charge in [0.1, 0.15) is 0 Å². The second-order valence-electron chi connectivity index (χ2n) is 2.93. The van der Waals surface area contributed by atoms with Gasteiger partial charge in [0.15, 0.2) is 0 Å². The van der Waals surface area contributed by atoms with E-state index in [1.165, 1.54) is 17.0 Å². The van der Waals surface area contributed by atoms with E-state index in [-0.39, 0.29) is 1.43 Å². The van der Waals surface area contributed by atoms with Crippen LogP contribution in [-0.4, -0.2) is 4.98 Å². The van der Waals surface area contributed by atoms with E-state index in [0.29, 0.717) is 5.92 Å². The van der Waals surface area contributed by atoms with E-state index in [4.69, 9.17) is 0 Å². The molecule has 0 saturated carbocycles. The van der Waals surface area contributed by atoms with Crippen molar-refractivity contribution in [1.29, 1.82) is 0 Å². The predicted molar refractivity (Wildman–Crippen MR) is 44.9 cm³/mol. The van der Waals surface area contributed by atoms with Crippen molar-refractivity contribution in [3.63, 3.8) is 0 Å². The molecule has 0 saturated heterocycles. The van der Waals surface area contributed by atoms with Gasteiger partial charge in [-0.1, -0.05) is 19.1 Å². The Bertz CT molecular complexity index is 337. The van der Waals surface area contributed by atoms with Gasteiger partial charge in [0.25, 0.3) is 0 Å². The van der Waals surface area contributed by atoms with E-state index in [1.54, 1.807) is 0 Å². The number of H-pyrrole nitrogens is 1. The Morgan fingerprint density at radius 2 is 2.60 bits per heavy atom. The minimum atomic E-state index is 0. The van der Waals surface area contributed by atoms with Crippen molar-refractivity contribution >= 4 is 12.2 Å². The first-order valence-electron chi connectivity index (χ1n) is 3.72. The van der Waals surface area contributed by atoms with Crippen LogP contribution in [0.1, 0.15) is 14.8 Å². The fourth-order valence-corrected chi connectivity index (χ4v) is 1.38. The van der Waals surface area contributed by atoms with Crippen LogP contribution in [0, 0.1) is 5.92 Å². The zero-order chi connectivity index (χ0) is 6.97. The lowest BCUT2D eigenvalue weighted by molar-refractivity contribution is 0.797. The Morgan fingerprint density at radius 1 is 1.70 bits per heavy atom. The van der Waals surface area contributed by atoms with Gasteiger partial charge in [-0.2, -0.15) is 0 Å². The van der Waals surface area contributed by atoms with Crippen LogP contribution in [0.15, 0.2) is 12.3 Å². The van der Waals surface area contributed by atoms with Crippen molar-refractivity contribution in [3.05, 3.63) is 22.8 Å². The lowest BCUT2D eigenvalue weighted by Gasteiger charge is -2.03. The average Bonchev–Trinajstić information content (AvgIpc) is 2.33. The summed E-state index contributed by atoms with van der Waals surface area (Å²) in [7, 11) is 0. The lowest BCUT2D eigenvalue weighted by Crippen LogP contribution is -2.26. The van der Waals surface area contributed by atoms with Crippen LogP contribution in [0.4, 0.5) is 0 Å². The molecule has 0 bridgehead atoms. The number of aromatic amines is 1. The highest BCUT2D eigenvalue weighted by atomic mass is 14.6. The van der Waals surface area contributed by atoms with Crippen molar-refractivity contribution in [2.45, 2.75) is 13.3 Å². The quantitative estimate of drug-likeness (QED) is 0.543. The first kappa shape index (κ1) is 5.78. The maximum absolute atomic E-state index is 3.20. The Kier molecular flexibility index (Phi) is 1.16. The molecule has 0 amide bonds. The molecule has 1 heterocycles. The molecule has 0 radical (unpaired) electrons. The molecule has 1 N–H and O–H groups in total. The number of hydrogen-bond acceptors (Lipinski definition) is 0. The monoisotopic (exact) mass is 135 g/mol. The molecule has 0 aromatic carbocycles. The first-order chi connectivity index (χ1) is 4.86. The average molecular weight is 135 g/mol. The summed E-state index contributed by atoms with van der Waals surface area (Å²) in [6.45, 7) is 2.24. The molecular formula is C9H13N. The number of aromatic nitrogens is 1. The molecule has 0 aliphatic heterocycles. The summed E-state index contributed by atoms with van der Waals surface area (Å²) in [6.07, 6.45) is 7.76. The third-order valence-electron chi connectivity index (χ3n) is 1.97. The SMILES string of the molecule is CC1C=c2[nH]ccc2=CC1.[HH]. The van der Waals surface area contributed by atoms with E-state index >= 15 is 0 Å². The molecule has 2 rings (SSSR count). The highest BCUT2D eigenvalue weighted by Gasteiger charge is 1.99. The first-order valence-corrected chi connectivity index (χ1v) is 3.72. The minimum Gasteiger partial charge on any atom is -0.361 e. The molecule has 1 atom stereocenters. The van der Waals surface area contributed by atoms with Crippen molar-refractivity contribution in [3.8, 4) is 0 Å². The summed E-state index contributed by atoms with van der Waals surface area (Å²) in [4.78, 5) is 3.20. The minimum absolute atomic E-state index is 0. The third-order valence-corrected chi connectivity index (χ3v) is 1.97. The van der Waals surface area contributed by atoms with Gasteiger partial charge in [0.2, 0.25) is 0 Å². The molecular weight excluding hydrogens is 122 g/mol. The number of fused-ring (bicyclic) bond motifs is 1. The Balaban J connectivity index is 0.000000605. The standard InChI is InChI=1S/C9H11N.H2/c1-7-2-3-8-4-5-10-9(8)6-7;/h3-7,10H,2H2,1H3;1H. The smallest absolute Gasteiger partial charge is 0.0412 e. The van der Waals surface area contributed by atoms with Gasteiger partial charge in [-0.05, 0) is 23.6 Å². The molecule has 1 aliphatic carbocycles. The zero-order valence-electron chi connectivity index (χ0n) is 6.09. The summed E-state index contributed by atoms with van der Waals surface area (Å²) in [5.74, 6) is 0.700. The van der Waals surface area contributed by atoms with Crippen LogP contribution in [-0.2, 0) is 0 Å². The molecule has 1 aromatic rings. The van der Waals surface area contributed by atoms with Gasteiger partial charge in [-0.15, -0.1) is 0 Å². The van der Waals surface area contributed by atoms with Crippen molar-refractivity contribution in [1.82, 2.24) is 4.98 Å². The molecule has 1 aliphatic rings. The molecule has 1 nitrogen and oxygen atoms in total. The van der Waals surface area contributed by atoms with Gasteiger partial charge in [-0.25, -0.2) is 0 Å². The molecule has 10 heavy (non-hydrogen) atoms. The normalized spacial score (nSPS) is 22.7. The fraction of sp³-hybridized carbons (Fsp3) is 0.333. The number of rotatable bonds is 0. The van der Waals surface area contributed by atoms with Gasteiger partial charge < -0.3 is 4.98 Å². The van der Waals surface area contributed by atoms with E-state index in [2.05, 4.69) is 30.1 Å². The second kappa shape index (κ2) is 2.01. The van der Waals surface area contributed by atoms with Crippen LogP contribution < -0.4 is 10.6 Å². The highest BCUT2D eigenvalue weighted by Crippen LogP contribution is 2.04. The van der Waals surface area contributed by atoms with Crippen LogP contribution in [0.2, 0.25) is 0 Å². The van der Waals surface area contributed by atoms with E-state index in [9.17, 15) is 0 Å². The summed E-state index contributed by atoms with van der Waals surface area (Å²) in [6, 6.07) is 2.12. The van der Waals surface area contributed by atoms with Gasteiger partial charge >= 0.3 is 0 Å². The van der Waals surface area contributed by atoms with Crippen LogP contribution in [0.3, 0.4) is 0 Å². The summed E-state index contributed by atoms with van der Waals surface area (Å²) < 4.78 is 0. The molecule has 0 spiro atoms. The largest absolute Gasteiger partial charge is 0.361 e. The van der Waals surface area contributed by atoms with Gasteiger partial charge in [-0.3, -0.25) is 0 Å². The van der Waals surface area contributed by atoms with Crippen LogP contribution in [0.25, 0.3) is 12.2 Å². The van der Waals surface area contributed by atoms with E-state index in [0.717, 1.165) is 0 Å². The number of nitrogens with one attached hydrogen (secondary N) is 1.